The lowest BCUT2D eigenvalue weighted by molar-refractivity contribution is -0.120. The van der Waals surface area contributed by atoms with Gasteiger partial charge in [-0.15, -0.1) is 0 Å². The van der Waals surface area contributed by atoms with E-state index in [1.807, 2.05) is 0 Å². The van der Waals surface area contributed by atoms with E-state index in [1.165, 1.54) is 4.90 Å². The first-order valence-electron chi connectivity index (χ1n) is 4.64. The highest BCUT2D eigenvalue weighted by atomic mass is 16.2. The van der Waals surface area contributed by atoms with E-state index in [-0.39, 0.29) is 5.91 Å². The van der Waals surface area contributed by atoms with E-state index in [0.717, 1.165) is 0 Å². The van der Waals surface area contributed by atoms with Crippen LogP contribution in [0.5, 0.6) is 0 Å². The van der Waals surface area contributed by atoms with Gasteiger partial charge < -0.3 is 5.73 Å². The van der Waals surface area contributed by atoms with Crippen LogP contribution in [0.4, 0.5) is 16.2 Å². The molecule has 1 fully saturated rings. The molecule has 0 atom stereocenters. The second-order valence-corrected chi connectivity index (χ2v) is 3.35. The number of nitrogens with two attached hydrogens (primary N) is 1. The molecule has 15 heavy (non-hydrogen) atoms. The van der Waals surface area contributed by atoms with E-state index in [9.17, 15) is 9.59 Å². The maximum atomic E-state index is 11.5. The van der Waals surface area contributed by atoms with Crippen LogP contribution in [0.15, 0.2) is 24.3 Å². The quantitative estimate of drug-likeness (QED) is 0.663. The molecule has 0 aromatic heterocycles. The molecule has 1 aromatic rings. The first kappa shape index (κ1) is 9.51. The van der Waals surface area contributed by atoms with Crippen LogP contribution in [0.25, 0.3) is 0 Å². The average molecular weight is 205 g/mol. The molecule has 0 unspecified atom stereocenters. The molecule has 1 saturated heterocycles. The van der Waals surface area contributed by atoms with E-state index in [4.69, 9.17) is 5.73 Å². The van der Waals surface area contributed by atoms with Gasteiger partial charge in [-0.25, -0.2) is 4.79 Å². The number of benzene rings is 1. The molecule has 0 bridgehead atoms. The highest BCUT2D eigenvalue weighted by molar-refractivity contribution is 6.05. The van der Waals surface area contributed by atoms with E-state index in [1.54, 1.807) is 24.3 Å². The lowest BCUT2D eigenvalue weighted by atomic mass is 10.2. The molecule has 1 heterocycles. The molecule has 0 saturated carbocycles. The number of nitrogens with zero attached hydrogens (tertiary/aromatic N) is 1. The van der Waals surface area contributed by atoms with E-state index in [2.05, 4.69) is 5.32 Å². The highest BCUT2D eigenvalue weighted by Crippen LogP contribution is 2.19. The summed E-state index contributed by atoms with van der Waals surface area (Å²) < 4.78 is 0. The summed E-state index contributed by atoms with van der Waals surface area (Å²) in [5.74, 6) is -0.236. The third-order valence-corrected chi connectivity index (χ3v) is 2.24. The van der Waals surface area contributed by atoms with Gasteiger partial charge >= 0.3 is 6.03 Å². The van der Waals surface area contributed by atoms with Crippen molar-refractivity contribution < 1.29 is 9.59 Å². The number of anilines is 2. The minimum atomic E-state index is -0.392. The topological polar surface area (TPSA) is 75.4 Å². The number of nitrogen functional groups attached to an aromatic ring is 1. The molecular formula is C10H11N3O2. The molecule has 0 spiro atoms. The van der Waals surface area contributed by atoms with Gasteiger partial charge in [-0.3, -0.25) is 15.0 Å². The maximum Gasteiger partial charge on any atom is 0.328 e. The zero-order valence-corrected chi connectivity index (χ0v) is 8.06. The first-order chi connectivity index (χ1) is 7.16. The molecule has 1 aliphatic heterocycles. The fraction of sp³-hybridized carbons (Fsp3) is 0.200. The number of hydrogen-bond acceptors (Lipinski definition) is 3. The van der Waals surface area contributed by atoms with E-state index < -0.39 is 6.03 Å². The molecule has 1 aromatic carbocycles. The SMILES string of the molecule is Nc1cccc(N2CCC(=O)NC2=O)c1. The number of amides is 3. The van der Waals surface area contributed by atoms with Crippen molar-refractivity contribution in [3.8, 4) is 0 Å². The van der Waals surface area contributed by atoms with Crippen LogP contribution in [0.2, 0.25) is 0 Å². The summed E-state index contributed by atoms with van der Waals surface area (Å²) in [7, 11) is 0. The Labute approximate surface area is 86.9 Å². The first-order valence-corrected chi connectivity index (χ1v) is 4.64. The number of hydrogen-bond donors (Lipinski definition) is 2. The maximum absolute atomic E-state index is 11.5. The van der Waals surface area contributed by atoms with Crippen molar-refractivity contribution in [3.63, 3.8) is 0 Å². The number of urea groups is 1. The monoisotopic (exact) mass is 205 g/mol. The highest BCUT2D eigenvalue weighted by Gasteiger charge is 2.23. The van der Waals surface area contributed by atoms with Crippen molar-refractivity contribution in [2.24, 2.45) is 0 Å². The number of carbonyl (C=O) groups is 2. The van der Waals surface area contributed by atoms with Crippen molar-refractivity contribution in [1.82, 2.24) is 5.32 Å². The van der Waals surface area contributed by atoms with Crippen molar-refractivity contribution >= 4 is 23.3 Å². The van der Waals surface area contributed by atoms with Crippen molar-refractivity contribution in [2.45, 2.75) is 6.42 Å². The minimum Gasteiger partial charge on any atom is -0.399 e. The zero-order chi connectivity index (χ0) is 10.8. The Morgan fingerprint density at radius 1 is 1.33 bits per heavy atom. The summed E-state index contributed by atoms with van der Waals surface area (Å²) in [5, 5.41) is 2.25. The van der Waals surface area contributed by atoms with Crippen LogP contribution < -0.4 is 16.0 Å². The summed E-state index contributed by atoms with van der Waals surface area (Å²) in [6, 6.07) is 6.61. The van der Waals surface area contributed by atoms with E-state index >= 15 is 0 Å². The Morgan fingerprint density at radius 3 is 2.80 bits per heavy atom. The van der Waals surface area contributed by atoms with Gasteiger partial charge in [0.2, 0.25) is 5.91 Å². The molecule has 2 rings (SSSR count). The lowest BCUT2D eigenvalue weighted by Crippen LogP contribution is -2.49. The Hall–Kier alpha value is -2.04. The Balaban J connectivity index is 2.24. The summed E-state index contributed by atoms with van der Waals surface area (Å²) in [6.45, 7) is 0.397. The third kappa shape index (κ3) is 1.90. The van der Waals surface area contributed by atoms with Gasteiger partial charge in [-0.05, 0) is 18.2 Å². The van der Waals surface area contributed by atoms with Gasteiger partial charge in [0.25, 0.3) is 0 Å². The summed E-state index contributed by atoms with van der Waals surface area (Å²) in [4.78, 5) is 23.9. The van der Waals surface area contributed by atoms with Crippen LogP contribution in [0.3, 0.4) is 0 Å². The Kier molecular flexibility index (Phi) is 2.29. The molecule has 3 amide bonds. The molecule has 5 nitrogen and oxygen atoms in total. The summed E-state index contributed by atoms with van der Waals surface area (Å²) >= 11 is 0. The fourth-order valence-electron chi connectivity index (χ4n) is 1.50. The Morgan fingerprint density at radius 2 is 2.13 bits per heavy atom. The third-order valence-electron chi connectivity index (χ3n) is 2.24. The number of rotatable bonds is 1. The molecule has 0 aliphatic carbocycles. The molecular weight excluding hydrogens is 194 g/mol. The fourth-order valence-corrected chi connectivity index (χ4v) is 1.50. The smallest absolute Gasteiger partial charge is 0.328 e. The minimum absolute atomic E-state index is 0.236. The largest absolute Gasteiger partial charge is 0.399 e. The van der Waals surface area contributed by atoms with Gasteiger partial charge in [-0.1, -0.05) is 6.07 Å². The second kappa shape index (κ2) is 3.61. The number of nitrogens with one attached hydrogen (secondary N) is 1. The Bertz CT molecular complexity index is 417. The number of imide groups is 1. The molecule has 78 valence electrons. The van der Waals surface area contributed by atoms with Gasteiger partial charge in [0, 0.05) is 24.3 Å². The van der Waals surface area contributed by atoms with Gasteiger partial charge in [0.05, 0.1) is 0 Å². The van der Waals surface area contributed by atoms with Gasteiger partial charge in [0.1, 0.15) is 0 Å². The normalized spacial score (nSPS) is 16.4. The second-order valence-electron chi connectivity index (χ2n) is 3.35. The van der Waals surface area contributed by atoms with E-state index in [0.29, 0.717) is 24.3 Å². The summed E-state index contributed by atoms with van der Waals surface area (Å²) in [6.07, 6.45) is 0.320. The standard InChI is InChI=1S/C10H11N3O2/c11-7-2-1-3-8(6-7)13-5-4-9(14)12-10(13)15/h1-3,6H,4-5,11H2,(H,12,14,15). The molecule has 1 aliphatic rings. The van der Waals surface area contributed by atoms with Crippen molar-refractivity contribution in [1.29, 1.82) is 0 Å². The average Bonchev–Trinajstić information content (AvgIpc) is 2.17. The van der Waals surface area contributed by atoms with Crippen LogP contribution in [0, 0.1) is 0 Å². The van der Waals surface area contributed by atoms with Crippen molar-refractivity contribution in [3.05, 3.63) is 24.3 Å². The number of carbonyl (C=O) groups excluding carboxylic acids is 2. The predicted molar refractivity (Wildman–Crippen MR) is 56.4 cm³/mol. The lowest BCUT2D eigenvalue weighted by Gasteiger charge is -2.26. The summed E-state index contributed by atoms with van der Waals surface area (Å²) in [5.41, 5.74) is 6.92. The van der Waals surface area contributed by atoms with Crippen LogP contribution in [-0.2, 0) is 4.79 Å². The molecule has 5 heteroatoms. The van der Waals surface area contributed by atoms with Crippen LogP contribution in [-0.4, -0.2) is 18.5 Å². The predicted octanol–water partition coefficient (Wildman–Crippen LogP) is 0.715. The molecule has 0 radical (unpaired) electrons. The van der Waals surface area contributed by atoms with Crippen molar-refractivity contribution in [2.75, 3.05) is 17.2 Å². The van der Waals surface area contributed by atoms with Crippen LogP contribution >= 0.6 is 0 Å². The van der Waals surface area contributed by atoms with Gasteiger partial charge in [0.15, 0.2) is 0 Å². The zero-order valence-electron chi connectivity index (χ0n) is 8.06. The molecule has 3 N–H and O–H groups in total. The van der Waals surface area contributed by atoms with Crippen LogP contribution in [0.1, 0.15) is 6.42 Å². The van der Waals surface area contributed by atoms with Gasteiger partial charge in [-0.2, -0.15) is 0 Å².